The van der Waals surface area contributed by atoms with Gasteiger partial charge >= 0.3 is 0 Å². The fourth-order valence-electron chi connectivity index (χ4n) is 1.59. The summed E-state index contributed by atoms with van der Waals surface area (Å²) in [5.74, 6) is 1.98. The Morgan fingerprint density at radius 3 is 2.40 bits per heavy atom. The summed E-state index contributed by atoms with van der Waals surface area (Å²) in [4.78, 5) is 0. The molecule has 0 unspecified atom stereocenters. The molecule has 1 aromatic heterocycles. The summed E-state index contributed by atoms with van der Waals surface area (Å²) in [6.07, 6.45) is 1.67. The maximum Gasteiger partial charge on any atom is 0.108 e. The zero-order valence-corrected chi connectivity index (χ0v) is 8.65. The minimum atomic E-state index is 0.637. The summed E-state index contributed by atoms with van der Waals surface area (Å²) in [6.45, 7) is 0.637. The summed E-state index contributed by atoms with van der Waals surface area (Å²) in [5, 5.41) is 0. The van der Waals surface area contributed by atoms with Gasteiger partial charge in [-0.3, -0.25) is 0 Å². The molecule has 2 rings (SSSR count). The molecular weight excluding hydrogens is 186 g/mol. The molecule has 0 radical (unpaired) electrons. The highest BCUT2D eigenvalue weighted by Gasteiger charge is 2.01. The third-order valence-electron chi connectivity index (χ3n) is 2.33. The number of benzene rings is 1. The van der Waals surface area contributed by atoms with Gasteiger partial charge in [0, 0.05) is 12.8 Å². The Kier molecular flexibility index (Phi) is 3.20. The van der Waals surface area contributed by atoms with Gasteiger partial charge in [-0.2, -0.15) is 0 Å². The first-order chi connectivity index (χ1) is 7.38. The Hall–Kier alpha value is -1.54. The zero-order valence-electron chi connectivity index (χ0n) is 8.65. The van der Waals surface area contributed by atoms with E-state index in [0.717, 1.165) is 24.4 Å². The van der Waals surface area contributed by atoms with Crippen LogP contribution in [0.5, 0.6) is 0 Å². The van der Waals surface area contributed by atoms with Gasteiger partial charge in [-0.1, -0.05) is 30.3 Å². The molecule has 0 amide bonds. The highest BCUT2D eigenvalue weighted by Crippen LogP contribution is 2.13. The van der Waals surface area contributed by atoms with Crippen molar-refractivity contribution in [3.8, 4) is 0 Å². The van der Waals surface area contributed by atoms with Crippen LogP contribution in [0.2, 0.25) is 0 Å². The van der Waals surface area contributed by atoms with E-state index < -0.39 is 0 Å². The van der Waals surface area contributed by atoms with Crippen LogP contribution < -0.4 is 5.73 Å². The zero-order chi connectivity index (χ0) is 10.5. The highest BCUT2D eigenvalue weighted by atomic mass is 16.3. The van der Waals surface area contributed by atoms with Crippen molar-refractivity contribution >= 4 is 0 Å². The fourth-order valence-corrected chi connectivity index (χ4v) is 1.59. The summed E-state index contributed by atoms with van der Waals surface area (Å²) >= 11 is 0. The van der Waals surface area contributed by atoms with Crippen LogP contribution in [0.15, 0.2) is 46.9 Å². The number of rotatable bonds is 4. The SMILES string of the molecule is NCCc1ccc(Cc2ccccc2)o1. The van der Waals surface area contributed by atoms with Crippen molar-refractivity contribution in [2.75, 3.05) is 6.54 Å². The Morgan fingerprint density at radius 2 is 1.67 bits per heavy atom. The lowest BCUT2D eigenvalue weighted by molar-refractivity contribution is 0.474. The molecule has 0 aliphatic carbocycles. The van der Waals surface area contributed by atoms with Gasteiger partial charge in [0.05, 0.1) is 0 Å². The van der Waals surface area contributed by atoms with Gasteiger partial charge in [0.2, 0.25) is 0 Å². The molecule has 0 fully saturated rings. The van der Waals surface area contributed by atoms with Crippen LogP contribution >= 0.6 is 0 Å². The van der Waals surface area contributed by atoms with E-state index in [1.54, 1.807) is 0 Å². The van der Waals surface area contributed by atoms with Crippen LogP contribution in [-0.4, -0.2) is 6.54 Å². The van der Waals surface area contributed by atoms with E-state index in [1.165, 1.54) is 5.56 Å². The van der Waals surface area contributed by atoms with Gasteiger partial charge in [0.1, 0.15) is 11.5 Å². The first-order valence-electron chi connectivity index (χ1n) is 5.20. The second-order valence-electron chi connectivity index (χ2n) is 3.57. The molecule has 0 saturated heterocycles. The van der Waals surface area contributed by atoms with Crippen LogP contribution in [0.1, 0.15) is 17.1 Å². The van der Waals surface area contributed by atoms with Crippen molar-refractivity contribution in [1.29, 1.82) is 0 Å². The molecule has 2 aromatic rings. The first-order valence-corrected chi connectivity index (χ1v) is 5.20. The Morgan fingerprint density at radius 1 is 0.933 bits per heavy atom. The van der Waals surface area contributed by atoms with Gasteiger partial charge in [-0.05, 0) is 24.2 Å². The Balaban J connectivity index is 2.05. The second kappa shape index (κ2) is 4.80. The van der Waals surface area contributed by atoms with Crippen LogP contribution in [0.4, 0.5) is 0 Å². The lowest BCUT2D eigenvalue weighted by Crippen LogP contribution is -2.01. The summed E-state index contributed by atoms with van der Waals surface area (Å²) < 4.78 is 5.65. The molecule has 0 spiro atoms. The molecule has 0 saturated carbocycles. The van der Waals surface area contributed by atoms with Crippen molar-refractivity contribution in [3.05, 3.63) is 59.5 Å². The smallest absolute Gasteiger partial charge is 0.108 e. The largest absolute Gasteiger partial charge is 0.466 e. The molecule has 0 atom stereocenters. The third kappa shape index (κ3) is 2.70. The normalized spacial score (nSPS) is 10.5. The quantitative estimate of drug-likeness (QED) is 0.824. The van der Waals surface area contributed by atoms with E-state index in [1.807, 2.05) is 30.3 Å². The standard InChI is InChI=1S/C13H15NO/c14-9-8-12-6-7-13(15-12)10-11-4-2-1-3-5-11/h1-7H,8-10,14H2. The molecule has 0 bridgehead atoms. The fraction of sp³-hybridized carbons (Fsp3) is 0.231. The van der Waals surface area contributed by atoms with Crippen LogP contribution in [-0.2, 0) is 12.8 Å². The topological polar surface area (TPSA) is 39.2 Å². The first kappa shape index (κ1) is 9.99. The van der Waals surface area contributed by atoms with Crippen LogP contribution in [0, 0.1) is 0 Å². The summed E-state index contributed by atoms with van der Waals surface area (Å²) in [7, 11) is 0. The molecule has 1 heterocycles. The second-order valence-corrected chi connectivity index (χ2v) is 3.57. The maximum absolute atomic E-state index is 5.65. The number of hydrogen-bond donors (Lipinski definition) is 1. The lowest BCUT2D eigenvalue weighted by atomic mass is 10.1. The van der Waals surface area contributed by atoms with Gasteiger partial charge in [-0.15, -0.1) is 0 Å². The van der Waals surface area contributed by atoms with Crippen LogP contribution in [0.3, 0.4) is 0 Å². The van der Waals surface area contributed by atoms with Crippen molar-refractivity contribution in [3.63, 3.8) is 0 Å². The molecule has 2 heteroatoms. The lowest BCUT2D eigenvalue weighted by Gasteiger charge is -1.97. The van der Waals surface area contributed by atoms with E-state index in [2.05, 4.69) is 12.1 Å². The average Bonchev–Trinajstić information content (AvgIpc) is 2.68. The molecule has 0 aliphatic heterocycles. The van der Waals surface area contributed by atoms with Crippen molar-refractivity contribution in [2.24, 2.45) is 5.73 Å². The van der Waals surface area contributed by atoms with E-state index in [-0.39, 0.29) is 0 Å². The number of furan rings is 1. The van der Waals surface area contributed by atoms with Gasteiger partial charge in [0.25, 0.3) is 0 Å². The van der Waals surface area contributed by atoms with Crippen molar-refractivity contribution in [1.82, 2.24) is 0 Å². The van der Waals surface area contributed by atoms with Crippen molar-refractivity contribution in [2.45, 2.75) is 12.8 Å². The molecule has 0 aliphatic rings. The predicted molar refractivity (Wildman–Crippen MR) is 60.7 cm³/mol. The Bertz CT molecular complexity index is 405. The summed E-state index contributed by atoms with van der Waals surface area (Å²) in [6, 6.07) is 14.3. The van der Waals surface area contributed by atoms with Gasteiger partial charge < -0.3 is 10.2 Å². The van der Waals surface area contributed by atoms with Crippen LogP contribution in [0.25, 0.3) is 0 Å². The highest BCUT2D eigenvalue weighted by molar-refractivity contribution is 5.21. The molecule has 1 aromatic carbocycles. The van der Waals surface area contributed by atoms with E-state index in [4.69, 9.17) is 10.2 Å². The molecule has 78 valence electrons. The van der Waals surface area contributed by atoms with E-state index in [9.17, 15) is 0 Å². The average molecular weight is 201 g/mol. The molecule has 15 heavy (non-hydrogen) atoms. The third-order valence-corrected chi connectivity index (χ3v) is 2.33. The monoisotopic (exact) mass is 201 g/mol. The molecule has 2 N–H and O–H groups in total. The molecular formula is C13H15NO. The van der Waals surface area contributed by atoms with Gasteiger partial charge in [-0.25, -0.2) is 0 Å². The molecule has 2 nitrogen and oxygen atoms in total. The minimum Gasteiger partial charge on any atom is -0.466 e. The summed E-state index contributed by atoms with van der Waals surface area (Å²) in [5.41, 5.74) is 6.73. The number of hydrogen-bond acceptors (Lipinski definition) is 2. The maximum atomic E-state index is 5.65. The Labute approximate surface area is 89.7 Å². The van der Waals surface area contributed by atoms with Crippen molar-refractivity contribution < 1.29 is 4.42 Å². The van der Waals surface area contributed by atoms with E-state index >= 15 is 0 Å². The minimum absolute atomic E-state index is 0.637. The van der Waals surface area contributed by atoms with Gasteiger partial charge in [0.15, 0.2) is 0 Å². The predicted octanol–water partition coefficient (Wildman–Crippen LogP) is 2.37. The van der Waals surface area contributed by atoms with E-state index in [0.29, 0.717) is 6.54 Å². The number of nitrogens with two attached hydrogens (primary N) is 1.